The second-order valence-electron chi connectivity index (χ2n) is 9.71. The highest BCUT2D eigenvalue weighted by molar-refractivity contribution is 7.94. The molecule has 3 aliphatic rings. The van der Waals surface area contributed by atoms with E-state index in [1.165, 1.54) is 19.4 Å². The number of anilines is 3. The zero-order valence-electron chi connectivity index (χ0n) is 21.2. The molecule has 4 heterocycles. The van der Waals surface area contributed by atoms with Gasteiger partial charge in [0.05, 0.1) is 22.6 Å². The highest BCUT2D eigenvalue weighted by atomic mass is 35.5. The summed E-state index contributed by atoms with van der Waals surface area (Å²) in [6.45, 7) is 1.61. The second kappa shape index (κ2) is 9.90. The largest absolute Gasteiger partial charge is 0.364 e. The molecule has 15 heteroatoms. The Morgan fingerprint density at radius 3 is 2.50 bits per heavy atom. The number of aromatic nitrogens is 2. The van der Waals surface area contributed by atoms with Crippen LogP contribution < -0.4 is 13.5 Å². The number of alkyl halides is 2. The molecular weight excluding hydrogens is 568 g/mol. The van der Waals surface area contributed by atoms with Gasteiger partial charge < -0.3 is 14.3 Å². The van der Waals surface area contributed by atoms with Crippen molar-refractivity contribution in [2.24, 2.45) is 5.92 Å². The fraction of sp³-hybridized carbons (Fsp3) is 0.360. The summed E-state index contributed by atoms with van der Waals surface area (Å²) in [4.78, 5) is 21.0. The molecule has 2 aromatic heterocycles. The number of hydrogen-bond donors (Lipinski definition) is 0. The van der Waals surface area contributed by atoms with E-state index >= 15 is 0 Å². The number of benzene rings is 1. The molecule has 6 rings (SSSR count). The molecule has 1 aromatic carbocycles. The summed E-state index contributed by atoms with van der Waals surface area (Å²) in [6.07, 6.45) is 1.02. The van der Waals surface area contributed by atoms with Gasteiger partial charge in [-0.05, 0) is 24.3 Å². The van der Waals surface area contributed by atoms with Crippen LogP contribution in [0.25, 0.3) is 11.3 Å². The van der Waals surface area contributed by atoms with Crippen molar-refractivity contribution in [1.82, 2.24) is 15.0 Å². The lowest BCUT2D eigenvalue weighted by molar-refractivity contribution is 0.0736. The number of hydrogen-bond acceptors (Lipinski definition) is 8. The molecule has 2 fully saturated rings. The number of nitrogens with zero attached hydrogens (tertiary/aromatic N) is 7. The van der Waals surface area contributed by atoms with Gasteiger partial charge in [-0.2, -0.15) is 13.7 Å². The van der Waals surface area contributed by atoms with Crippen LogP contribution in [0, 0.1) is 17.2 Å². The van der Waals surface area contributed by atoms with Crippen LogP contribution in [0.4, 0.5) is 26.0 Å². The van der Waals surface area contributed by atoms with E-state index in [-0.39, 0.29) is 37.0 Å². The summed E-state index contributed by atoms with van der Waals surface area (Å²) < 4.78 is 60.0. The zero-order chi connectivity index (χ0) is 27.5. The van der Waals surface area contributed by atoms with Gasteiger partial charge >= 0.3 is 10.2 Å². The molecule has 0 spiro atoms. The number of amides is 1. The third-order valence-electron chi connectivity index (χ3n) is 7.37. The predicted octanol–water partition coefficient (Wildman–Crippen LogP) is 3.15. The Hall–Kier alpha value is -3.96. The Morgan fingerprint density at radius 2 is 1.88 bits per heavy atom. The maximum absolute atomic E-state index is 13.6. The minimum atomic E-state index is -4.00. The van der Waals surface area contributed by atoms with E-state index in [9.17, 15) is 27.3 Å². The van der Waals surface area contributed by atoms with Crippen LogP contribution in [0.5, 0.6) is 0 Å². The van der Waals surface area contributed by atoms with E-state index in [2.05, 4.69) is 11.2 Å². The van der Waals surface area contributed by atoms with Gasteiger partial charge in [0.1, 0.15) is 18.2 Å². The van der Waals surface area contributed by atoms with Gasteiger partial charge in [0, 0.05) is 63.7 Å². The van der Waals surface area contributed by atoms with Gasteiger partial charge in [0.25, 0.3) is 11.8 Å². The van der Waals surface area contributed by atoms with Gasteiger partial charge in [-0.1, -0.05) is 11.2 Å². The van der Waals surface area contributed by atoms with Crippen LogP contribution in [0.15, 0.2) is 47.2 Å². The van der Waals surface area contributed by atoms with Crippen molar-refractivity contribution in [2.75, 3.05) is 53.3 Å². The lowest BCUT2D eigenvalue weighted by Crippen LogP contribution is -2.49. The molecule has 1 atom stereocenters. The Kier molecular flexibility index (Phi) is 6.83. The smallest absolute Gasteiger partial charge is 0.326 e. The number of pyridine rings is 1. The summed E-state index contributed by atoms with van der Waals surface area (Å²) in [5.41, 5.74) is 2.08. The van der Waals surface area contributed by atoms with Crippen LogP contribution in [0.1, 0.15) is 22.5 Å². The van der Waals surface area contributed by atoms with Gasteiger partial charge in [-0.25, -0.2) is 13.8 Å². The van der Waals surface area contributed by atoms with Crippen molar-refractivity contribution < 1.29 is 26.5 Å². The lowest BCUT2D eigenvalue weighted by atomic mass is 10.0. The standard InChI is InChI=1S/C25H23F2N7O4S.ClH/c1-31-21-12-16(2-4-20(21)34(39(31,36)37)15-18-13-25(18,26)27)23-17(14-28)3-5-22(29-23)32-7-9-33(10-8-32)24(35)19-6-11-38-30-19;/h2-6,11-12,18H,7-10,13,15H2,1H3;1H. The molecule has 0 N–H and O–H groups in total. The van der Waals surface area contributed by atoms with Crippen molar-refractivity contribution in [2.45, 2.75) is 12.3 Å². The Bertz CT molecular complexity index is 1610. The van der Waals surface area contributed by atoms with Crippen LogP contribution in [-0.4, -0.2) is 75.1 Å². The Morgan fingerprint density at radius 1 is 1.15 bits per heavy atom. The molecule has 1 amide bonds. The number of carbonyl (C=O) groups is 1. The van der Waals surface area contributed by atoms with Crippen molar-refractivity contribution in [3.05, 3.63) is 53.9 Å². The van der Waals surface area contributed by atoms with Crippen molar-refractivity contribution in [3.8, 4) is 17.3 Å². The number of fused-ring (bicyclic) bond motifs is 1. The summed E-state index contributed by atoms with van der Waals surface area (Å²) >= 11 is 0. The minimum Gasteiger partial charge on any atom is -0.364 e. The number of carbonyl (C=O) groups excluding carboxylic acids is 1. The quantitative estimate of drug-likeness (QED) is 0.443. The van der Waals surface area contributed by atoms with Crippen molar-refractivity contribution >= 4 is 45.7 Å². The average molecular weight is 592 g/mol. The molecule has 1 unspecified atom stereocenters. The Labute approximate surface area is 235 Å². The highest BCUT2D eigenvalue weighted by Crippen LogP contribution is 2.51. The van der Waals surface area contributed by atoms with Crippen LogP contribution in [0.3, 0.4) is 0 Å². The zero-order valence-corrected chi connectivity index (χ0v) is 22.8. The maximum atomic E-state index is 13.6. The predicted molar refractivity (Wildman–Crippen MR) is 144 cm³/mol. The van der Waals surface area contributed by atoms with Gasteiger partial charge in [-0.15, -0.1) is 12.4 Å². The molecule has 11 nitrogen and oxygen atoms in total. The lowest BCUT2D eigenvalue weighted by Gasteiger charge is -2.35. The van der Waals surface area contributed by atoms with Crippen LogP contribution in [0.2, 0.25) is 0 Å². The minimum absolute atomic E-state index is 0. The SMILES string of the molecule is CN1c2cc(-c3nc(N4CCN(C(=O)c5ccon5)CC4)ccc3C#N)ccc2N(CC2CC2(F)F)S1(=O)=O.Cl. The molecule has 0 radical (unpaired) electrons. The molecular formula is C25H24ClF2N7O4S. The summed E-state index contributed by atoms with van der Waals surface area (Å²) in [5, 5.41) is 13.4. The van der Waals surface area contributed by atoms with E-state index in [1.807, 2.05) is 4.90 Å². The van der Waals surface area contributed by atoms with Gasteiger partial charge in [0.2, 0.25) is 0 Å². The van der Waals surface area contributed by atoms with E-state index < -0.39 is 22.0 Å². The third kappa shape index (κ3) is 4.58. The van der Waals surface area contributed by atoms with E-state index in [1.54, 1.807) is 35.2 Å². The maximum Gasteiger partial charge on any atom is 0.326 e. The molecule has 1 aliphatic carbocycles. The molecule has 0 bridgehead atoms. The molecule has 1 saturated heterocycles. The number of nitriles is 1. The fourth-order valence-electron chi connectivity index (χ4n) is 4.95. The first-order chi connectivity index (χ1) is 18.6. The molecule has 3 aromatic rings. The first-order valence-corrected chi connectivity index (χ1v) is 13.6. The van der Waals surface area contributed by atoms with Crippen molar-refractivity contribution in [3.63, 3.8) is 0 Å². The second-order valence-corrected chi connectivity index (χ2v) is 11.6. The van der Waals surface area contributed by atoms with E-state index in [0.29, 0.717) is 60.2 Å². The number of piperazine rings is 1. The van der Waals surface area contributed by atoms with Crippen LogP contribution >= 0.6 is 12.4 Å². The third-order valence-corrected chi connectivity index (χ3v) is 9.16. The van der Waals surface area contributed by atoms with Crippen LogP contribution in [-0.2, 0) is 10.2 Å². The van der Waals surface area contributed by atoms with E-state index in [4.69, 9.17) is 9.51 Å². The highest BCUT2D eigenvalue weighted by Gasteiger charge is 2.59. The number of halogens is 3. The molecule has 210 valence electrons. The van der Waals surface area contributed by atoms with E-state index in [0.717, 1.165) is 8.61 Å². The molecule has 1 saturated carbocycles. The van der Waals surface area contributed by atoms with Gasteiger partial charge in [0.15, 0.2) is 5.69 Å². The summed E-state index contributed by atoms with van der Waals surface area (Å²) in [6, 6.07) is 11.9. The summed E-state index contributed by atoms with van der Waals surface area (Å²) in [5.74, 6) is -3.47. The number of rotatable bonds is 5. The van der Waals surface area contributed by atoms with Crippen molar-refractivity contribution in [1.29, 1.82) is 5.26 Å². The first kappa shape index (κ1) is 27.6. The average Bonchev–Trinajstić information content (AvgIpc) is 3.24. The van der Waals surface area contributed by atoms with Gasteiger partial charge in [-0.3, -0.25) is 13.4 Å². The topological polar surface area (TPSA) is 127 Å². The fourth-order valence-corrected chi connectivity index (χ4v) is 6.41. The Balaban J connectivity index is 0.00000323. The summed E-state index contributed by atoms with van der Waals surface area (Å²) in [7, 11) is -2.63. The monoisotopic (exact) mass is 591 g/mol. The molecule has 40 heavy (non-hydrogen) atoms. The molecule has 2 aliphatic heterocycles. The first-order valence-electron chi connectivity index (χ1n) is 12.2. The normalized spacial score (nSPS) is 20.5.